The van der Waals surface area contributed by atoms with E-state index in [-0.39, 0.29) is 11.9 Å². The second-order valence-electron chi connectivity index (χ2n) is 9.62. The fourth-order valence-corrected chi connectivity index (χ4v) is 5.68. The minimum absolute atomic E-state index is 0.00214. The van der Waals surface area contributed by atoms with Crippen LogP contribution >= 0.6 is 11.3 Å². The number of aryl methyl sites for hydroxylation is 2. The molecule has 1 aliphatic heterocycles. The number of carbonyl (C=O) groups excluding carboxylic acids is 1. The molecule has 0 bridgehead atoms. The van der Waals surface area contributed by atoms with Crippen LogP contribution in [0.2, 0.25) is 0 Å². The number of hydrogen-bond acceptors (Lipinski definition) is 6. The van der Waals surface area contributed by atoms with Gasteiger partial charge in [-0.3, -0.25) is 4.79 Å². The third-order valence-corrected chi connectivity index (χ3v) is 7.90. The van der Waals surface area contributed by atoms with Gasteiger partial charge in [0.15, 0.2) is 5.13 Å². The number of carbonyl (C=O) groups is 1. The average Bonchev–Trinajstić information content (AvgIpc) is 3.47. The molecule has 38 heavy (non-hydrogen) atoms. The Labute approximate surface area is 229 Å². The highest BCUT2D eigenvalue weighted by Crippen LogP contribution is 2.35. The molecule has 1 aliphatic rings. The second kappa shape index (κ2) is 12.7. The van der Waals surface area contributed by atoms with Crippen molar-refractivity contribution in [3.63, 3.8) is 0 Å². The molecular formula is C32H34N2O3S. The summed E-state index contributed by atoms with van der Waals surface area (Å²) in [6.07, 6.45) is 3.68. The first-order valence-corrected chi connectivity index (χ1v) is 14.3. The molecule has 1 fully saturated rings. The van der Waals surface area contributed by atoms with Gasteiger partial charge in [-0.25, -0.2) is 4.98 Å². The molecule has 0 amide bonds. The number of thiazole rings is 1. The van der Waals surface area contributed by atoms with Gasteiger partial charge in [0.1, 0.15) is 12.4 Å². The summed E-state index contributed by atoms with van der Waals surface area (Å²) >= 11 is 1.64. The summed E-state index contributed by atoms with van der Waals surface area (Å²) in [5.41, 5.74) is 5.76. The van der Waals surface area contributed by atoms with E-state index in [9.17, 15) is 4.79 Å². The van der Waals surface area contributed by atoms with Crippen molar-refractivity contribution in [3.8, 4) is 17.0 Å². The van der Waals surface area contributed by atoms with Crippen LogP contribution in [0.4, 0.5) is 5.13 Å². The molecule has 0 saturated carbocycles. The number of para-hydroxylation sites is 1. The number of aromatic nitrogens is 1. The van der Waals surface area contributed by atoms with E-state index in [1.807, 2.05) is 25.1 Å². The van der Waals surface area contributed by atoms with Crippen molar-refractivity contribution >= 4 is 22.4 Å². The lowest BCUT2D eigenvalue weighted by Crippen LogP contribution is -2.36. The predicted octanol–water partition coefficient (Wildman–Crippen LogP) is 6.95. The van der Waals surface area contributed by atoms with Gasteiger partial charge < -0.3 is 14.4 Å². The molecule has 0 N–H and O–H groups in total. The van der Waals surface area contributed by atoms with E-state index in [1.165, 1.54) is 11.1 Å². The van der Waals surface area contributed by atoms with Gasteiger partial charge in [-0.2, -0.15) is 0 Å². The summed E-state index contributed by atoms with van der Waals surface area (Å²) < 4.78 is 11.5. The van der Waals surface area contributed by atoms with Crippen LogP contribution in [-0.2, 0) is 29.0 Å². The number of hydrogen-bond donors (Lipinski definition) is 0. The zero-order valence-electron chi connectivity index (χ0n) is 21.8. The summed E-state index contributed by atoms with van der Waals surface area (Å²) in [7, 11) is 0. The Bertz CT molecular complexity index is 1310. The van der Waals surface area contributed by atoms with Gasteiger partial charge in [-0.05, 0) is 61.4 Å². The fraction of sp³-hybridized carbons (Fsp3) is 0.312. The molecular weight excluding hydrogens is 492 g/mol. The third kappa shape index (κ3) is 6.62. The van der Waals surface area contributed by atoms with Gasteiger partial charge >= 0.3 is 5.97 Å². The number of piperidine rings is 1. The Hall–Kier alpha value is -3.64. The van der Waals surface area contributed by atoms with Gasteiger partial charge in [0.25, 0.3) is 0 Å². The van der Waals surface area contributed by atoms with E-state index in [0.29, 0.717) is 13.2 Å². The van der Waals surface area contributed by atoms with Crippen LogP contribution < -0.4 is 9.64 Å². The maximum atomic E-state index is 12.1. The van der Waals surface area contributed by atoms with Crippen molar-refractivity contribution in [1.29, 1.82) is 0 Å². The molecule has 0 spiro atoms. The SMILES string of the molecule is CCOC(=O)C1CCN(c2nc(-c3ccccc3OCc3ccc(CCc4ccccc4)cc3)cs2)CC1. The zero-order valence-corrected chi connectivity index (χ0v) is 22.7. The van der Waals surface area contributed by atoms with Crippen molar-refractivity contribution in [2.45, 2.75) is 39.2 Å². The predicted molar refractivity (Wildman–Crippen MR) is 154 cm³/mol. The van der Waals surface area contributed by atoms with Gasteiger partial charge in [0, 0.05) is 24.0 Å². The van der Waals surface area contributed by atoms with Crippen LogP contribution in [0, 0.1) is 5.92 Å². The minimum atomic E-state index is -0.0696. The summed E-state index contributed by atoms with van der Waals surface area (Å²) in [4.78, 5) is 19.3. The normalized spacial score (nSPS) is 13.9. The lowest BCUT2D eigenvalue weighted by atomic mass is 9.97. The largest absolute Gasteiger partial charge is 0.488 e. The number of esters is 1. The van der Waals surface area contributed by atoms with Gasteiger partial charge in [-0.15, -0.1) is 11.3 Å². The van der Waals surface area contributed by atoms with E-state index in [0.717, 1.165) is 66.5 Å². The maximum absolute atomic E-state index is 12.1. The quantitative estimate of drug-likeness (QED) is 0.209. The highest BCUT2D eigenvalue weighted by molar-refractivity contribution is 7.14. The number of anilines is 1. The minimum Gasteiger partial charge on any atom is -0.488 e. The summed E-state index contributed by atoms with van der Waals surface area (Å²) in [5, 5.41) is 3.08. The molecule has 5 rings (SSSR count). The van der Waals surface area contributed by atoms with Crippen LogP contribution in [0.15, 0.2) is 84.2 Å². The van der Waals surface area contributed by atoms with Crippen molar-refractivity contribution in [3.05, 3.63) is 101 Å². The van der Waals surface area contributed by atoms with Crippen LogP contribution in [0.25, 0.3) is 11.3 Å². The van der Waals surface area contributed by atoms with Crippen LogP contribution in [0.3, 0.4) is 0 Å². The monoisotopic (exact) mass is 526 g/mol. The molecule has 196 valence electrons. The van der Waals surface area contributed by atoms with E-state index in [1.54, 1.807) is 11.3 Å². The first-order valence-electron chi connectivity index (χ1n) is 13.4. The number of benzene rings is 3. The van der Waals surface area contributed by atoms with Crippen molar-refractivity contribution in [2.24, 2.45) is 5.92 Å². The highest BCUT2D eigenvalue weighted by Gasteiger charge is 2.27. The average molecular weight is 527 g/mol. The number of ether oxygens (including phenoxy) is 2. The smallest absolute Gasteiger partial charge is 0.309 e. The van der Waals surface area contributed by atoms with Crippen LogP contribution in [-0.4, -0.2) is 30.6 Å². The Kier molecular flexibility index (Phi) is 8.71. The Morgan fingerprint density at radius 1 is 0.895 bits per heavy atom. The van der Waals surface area contributed by atoms with E-state index >= 15 is 0 Å². The fourth-order valence-electron chi connectivity index (χ4n) is 4.80. The summed E-state index contributed by atoms with van der Waals surface area (Å²) in [6.45, 7) is 4.44. The molecule has 1 saturated heterocycles. The zero-order chi connectivity index (χ0) is 26.2. The molecule has 4 aromatic rings. The molecule has 5 nitrogen and oxygen atoms in total. The van der Waals surface area contributed by atoms with Gasteiger partial charge in [0.05, 0.1) is 18.2 Å². The van der Waals surface area contributed by atoms with E-state index in [4.69, 9.17) is 14.5 Å². The Morgan fingerprint density at radius 3 is 2.29 bits per heavy atom. The molecule has 0 atom stereocenters. The molecule has 1 aromatic heterocycles. The van der Waals surface area contributed by atoms with Crippen LogP contribution in [0.1, 0.15) is 36.5 Å². The molecule has 0 unspecified atom stereocenters. The molecule has 0 radical (unpaired) electrons. The topological polar surface area (TPSA) is 51.7 Å². The maximum Gasteiger partial charge on any atom is 0.309 e. The summed E-state index contributed by atoms with van der Waals surface area (Å²) in [6, 6.07) is 27.4. The van der Waals surface area contributed by atoms with E-state index in [2.05, 4.69) is 70.9 Å². The first kappa shape index (κ1) is 26.0. The second-order valence-corrected chi connectivity index (χ2v) is 10.5. The van der Waals surface area contributed by atoms with E-state index < -0.39 is 0 Å². The highest BCUT2D eigenvalue weighted by atomic mass is 32.1. The van der Waals surface area contributed by atoms with Crippen molar-refractivity contribution < 1.29 is 14.3 Å². The lowest BCUT2D eigenvalue weighted by molar-refractivity contribution is -0.148. The first-order chi connectivity index (χ1) is 18.7. The lowest BCUT2D eigenvalue weighted by Gasteiger charge is -2.30. The Morgan fingerprint density at radius 2 is 1.55 bits per heavy atom. The van der Waals surface area contributed by atoms with Gasteiger partial charge in [-0.1, -0.05) is 66.7 Å². The Balaban J connectivity index is 1.18. The molecule has 6 heteroatoms. The molecule has 3 aromatic carbocycles. The number of rotatable bonds is 10. The summed E-state index contributed by atoms with van der Waals surface area (Å²) in [5.74, 6) is 0.760. The van der Waals surface area contributed by atoms with Crippen molar-refractivity contribution in [1.82, 2.24) is 4.98 Å². The standard InChI is InChI=1S/C32H34N2O3S/c1-2-36-31(35)27-18-20-34(21-19-27)32-33-29(23-38-32)28-10-6-7-11-30(28)37-22-26-16-14-25(15-17-26)13-12-24-8-4-3-5-9-24/h3-11,14-17,23,27H,2,12-13,18-22H2,1H3. The van der Waals surface area contributed by atoms with Gasteiger partial charge in [0.2, 0.25) is 0 Å². The molecule has 2 heterocycles. The van der Waals surface area contributed by atoms with Crippen LogP contribution in [0.5, 0.6) is 5.75 Å². The third-order valence-electron chi connectivity index (χ3n) is 7.00. The van der Waals surface area contributed by atoms with Crippen molar-refractivity contribution in [2.75, 3.05) is 24.6 Å². The number of nitrogens with zero attached hydrogens (tertiary/aromatic N) is 2. The molecule has 0 aliphatic carbocycles.